The summed E-state index contributed by atoms with van der Waals surface area (Å²) in [6.07, 6.45) is 7.51. The molecule has 2 rings (SSSR count). The van der Waals surface area contributed by atoms with E-state index in [1.165, 1.54) is 6.42 Å². The van der Waals surface area contributed by atoms with Crippen LogP contribution in [0.1, 0.15) is 50.4 Å². The van der Waals surface area contributed by atoms with Crippen molar-refractivity contribution in [3.05, 3.63) is 24.0 Å². The first kappa shape index (κ1) is 12.2. The second kappa shape index (κ2) is 4.55. The van der Waals surface area contributed by atoms with Gasteiger partial charge in [0.15, 0.2) is 0 Å². The topological polar surface area (TPSA) is 25.2 Å². The second-order valence-corrected chi connectivity index (χ2v) is 5.83. The van der Waals surface area contributed by atoms with Crippen LogP contribution in [0, 0.1) is 0 Å². The van der Waals surface area contributed by atoms with Gasteiger partial charge in [-0.1, -0.05) is 0 Å². The van der Waals surface area contributed by atoms with Gasteiger partial charge < -0.3 is 9.47 Å². The molecule has 1 aromatic rings. The van der Waals surface area contributed by atoms with Crippen LogP contribution in [0.4, 0.5) is 0 Å². The molecule has 0 saturated carbocycles. The van der Waals surface area contributed by atoms with Crippen molar-refractivity contribution in [1.29, 1.82) is 0 Å². The number of likely N-dealkylation sites (tertiary alicyclic amines) is 1. The van der Waals surface area contributed by atoms with E-state index in [4.69, 9.17) is 0 Å². The molecule has 0 aromatic carbocycles. The molecule has 1 aromatic heterocycles. The van der Waals surface area contributed by atoms with Crippen molar-refractivity contribution >= 4 is 5.91 Å². The average Bonchev–Trinajstić information content (AvgIpc) is 2.78. The number of hydrogen-bond acceptors (Lipinski definition) is 1. The Morgan fingerprint density at radius 1 is 1.18 bits per heavy atom. The van der Waals surface area contributed by atoms with Gasteiger partial charge in [0.2, 0.25) is 0 Å². The second-order valence-electron chi connectivity index (χ2n) is 5.83. The molecule has 1 aliphatic heterocycles. The Bertz CT molecular complexity index is 395. The van der Waals surface area contributed by atoms with Crippen molar-refractivity contribution in [2.24, 2.45) is 0 Å². The van der Waals surface area contributed by atoms with Crippen LogP contribution >= 0.6 is 0 Å². The van der Waals surface area contributed by atoms with E-state index in [0.717, 1.165) is 31.5 Å². The van der Waals surface area contributed by atoms with Gasteiger partial charge in [0.05, 0.1) is 5.56 Å². The molecule has 3 nitrogen and oxygen atoms in total. The molecular weight excluding hydrogens is 212 g/mol. The summed E-state index contributed by atoms with van der Waals surface area (Å²) < 4.78 is 2.10. The summed E-state index contributed by atoms with van der Waals surface area (Å²) in [5.41, 5.74) is 0.863. The third-order valence-electron chi connectivity index (χ3n) is 3.36. The van der Waals surface area contributed by atoms with Gasteiger partial charge in [-0.3, -0.25) is 4.79 Å². The van der Waals surface area contributed by atoms with E-state index < -0.39 is 0 Å². The zero-order valence-electron chi connectivity index (χ0n) is 11.1. The molecule has 0 spiro atoms. The average molecular weight is 234 g/mol. The number of carbonyl (C=O) groups is 1. The highest BCUT2D eigenvalue weighted by Gasteiger charge is 2.20. The van der Waals surface area contributed by atoms with Gasteiger partial charge in [0.1, 0.15) is 0 Å². The van der Waals surface area contributed by atoms with E-state index in [-0.39, 0.29) is 11.4 Å². The number of hydrogen-bond donors (Lipinski definition) is 0. The van der Waals surface area contributed by atoms with Crippen LogP contribution in [-0.4, -0.2) is 28.5 Å². The maximum atomic E-state index is 12.3. The monoisotopic (exact) mass is 234 g/mol. The number of amides is 1. The fourth-order valence-corrected chi connectivity index (χ4v) is 2.22. The van der Waals surface area contributed by atoms with Crippen LogP contribution in [0.25, 0.3) is 0 Å². The number of carbonyl (C=O) groups excluding carboxylic acids is 1. The summed E-state index contributed by atoms with van der Waals surface area (Å²) in [6, 6.07) is 1.93. The quantitative estimate of drug-likeness (QED) is 0.733. The summed E-state index contributed by atoms with van der Waals surface area (Å²) in [6.45, 7) is 8.26. The molecule has 1 fully saturated rings. The van der Waals surface area contributed by atoms with E-state index in [1.807, 2.05) is 23.4 Å². The lowest BCUT2D eigenvalue weighted by Crippen LogP contribution is -2.35. The van der Waals surface area contributed by atoms with E-state index in [9.17, 15) is 4.79 Å². The third kappa shape index (κ3) is 2.71. The lowest BCUT2D eigenvalue weighted by atomic mass is 10.1. The highest BCUT2D eigenvalue weighted by Crippen LogP contribution is 2.18. The van der Waals surface area contributed by atoms with Gasteiger partial charge >= 0.3 is 0 Å². The minimum atomic E-state index is 0.0421. The van der Waals surface area contributed by atoms with Crippen molar-refractivity contribution in [3.8, 4) is 0 Å². The van der Waals surface area contributed by atoms with Crippen molar-refractivity contribution in [2.75, 3.05) is 13.1 Å². The lowest BCUT2D eigenvalue weighted by Gasteiger charge is -2.26. The molecule has 3 heteroatoms. The largest absolute Gasteiger partial charge is 0.348 e. The van der Waals surface area contributed by atoms with Crippen LogP contribution in [0.5, 0.6) is 0 Å². The van der Waals surface area contributed by atoms with Gasteiger partial charge in [-0.2, -0.15) is 0 Å². The molecule has 0 aliphatic carbocycles. The molecule has 94 valence electrons. The molecule has 1 saturated heterocycles. The first-order valence-corrected chi connectivity index (χ1v) is 6.46. The molecule has 0 bridgehead atoms. The van der Waals surface area contributed by atoms with Crippen molar-refractivity contribution in [1.82, 2.24) is 9.47 Å². The Balaban J connectivity index is 2.11. The van der Waals surface area contributed by atoms with Crippen molar-refractivity contribution < 1.29 is 4.79 Å². The van der Waals surface area contributed by atoms with E-state index in [2.05, 4.69) is 25.3 Å². The summed E-state index contributed by atoms with van der Waals surface area (Å²) in [7, 11) is 0. The van der Waals surface area contributed by atoms with Crippen LogP contribution < -0.4 is 0 Å². The summed E-state index contributed by atoms with van der Waals surface area (Å²) >= 11 is 0. The number of aromatic nitrogens is 1. The predicted octanol–water partition coefficient (Wildman–Crippen LogP) is 2.87. The Hall–Kier alpha value is -1.25. The molecule has 1 amide bonds. The zero-order chi connectivity index (χ0) is 12.5. The molecule has 0 unspecified atom stereocenters. The van der Waals surface area contributed by atoms with Crippen LogP contribution in [0.2, 0.25) is 0 Å². The Kier molecular flexibility index (Phi) is 3.27. The minimum absolute atomic E-state index is 0.0421. The van der Waals surface area contributed by atoms with Crippen LogP contribution in [0.15, 0.2) is 18.5 Å². The Morgan fingerprint density at radius 3 is 2.35 bits per heavy atom. The minimum Gasteiger partial charge on any atom is -0.348 e. The predicted molar refractivity (Wildman–Crippen MR) is 69.2 cm³/mol. The number of nitrogens with zero attached hydrogens (tertiary/aromatic N) is 2. The maximum absolute atomic E-state index is 12.3. The summed E-state index contributed by atoms with van der Waals surface area (Å²) in [4.78, 5) is 14.2. The fourth-order valence-electron chi connectivity index (χ4n) is 2.22. The molecule has 1 aliphatic rings. The molecule has 0 radical (unpaired) electrons. The van der Waals surface area contributed by atoms with Gasteiger partial charge in [0.25, 0.3) is 5.91 Å². The van der Waals surface area contributed by atoms with E-state index >= 15 is 0 Å². The first-order chi connectivity index (χ1) is 7.98. The lowest BCUT2D eigenvalue weighted by molar-refractivity contribution is 0.0724. The number of piperidine rings is 1. The van der Waals surface area contributed by atoms with Crippen LogP contribution in [-0.2, 0) is 5.54 Å². The molecule has 17 heavy (non-hydrogen) atoms. The van der Waals surface area contributed by atoms with Gasteiger partial charge in [-0.25, -0.2) is 0 Å². The Morgan fingerprint density at radius 2 is 1.82 bits per heavy atom. The van der Waals surface area contributed by atoms with E-state index in [0.29, 0.717) is 0 Å². The third-order valence-corrected chi connectivity index (χ3v) is 3.36. The highest BCUT2D eigenvalue weighted by molar-refractivity contribution is 5.94. The van der Waals surface area contributed by atoms with E-state index in [1.54, 1.807) is 0 Å². The molecular formula is C14H22N2O. The molecule has 2 heterocycles. The Labute approximate surface area is 103 Å². The zero-order valence-corrected chi connectivity index (χ0v) is 11.1. The van der Waals surface area contributed by atoms with Gasteiger partial charge in [-0.05, 0) is 46.1 Å². The number of rotatable bonds is 1. The first-order valence-electron chi connectivity index (χ1n) is 6.46. The van der Waals surface area contributed by atoms with Crippen molar-refractivity contribution in [3.63, 3.8) is 0 Å². The SMILES string of the molecule is CC(C)(C)n1ccc(C(=O)N2CCCCC2)c1. The molecule has 0 atom stereocenters. The standard InChI is InChI=1S/C14H22N2O/c1-14(2,3)16-10-7-12(11-16)13(17)15-8-5-4-6-9-15/h7,10-11H,4-6,8-9H2,1-3H3. The van der Waals surface area contributed by atoms with Gasteiger partial charge in [0, 0.05) is 31.0 Å². The fraction of sp³-hybridized carbons (Fsp3) is 0.643. The van der Waals surface area contributed by atoms with Crippen LogP contribution in [0.3, 0.4) is 0 Å². The normalized spacial score (nSPS) is 17.2. The van der Waals surface area contributed by atoms with Crippen molar-refractivity contribution in [2.45, 2.75) is 45.6 Å². The van der Waals surface area contributed by atoms with Gasteiger partial charge in [-0.15, -0.1) is 0 Å². The summed E-state index contributed by atoms with van der Waals surface area (Å²) in [5.74, 6) is 0.188. The smallest absolute Gasteiger partial charge is 0.255 e. The highest BCUT2D eigenvalue weighted by atomic mass is 16.2. The maximum Gasteiger partial charge on any atom is 0.255 e. The molecule has 0 N–H and O–H groups in total. The summed E-state index contributed by atoms with van der Waals surface area (Å²) in [5, 5.41) is 0.